The Morgan fingerprint density at radius 1 is 1.12 bits per heavy atom. The maximum atomic E-state index is 12.5. The fourth-order valence-electron chi connectivity index (χ4n) is 2.61. The molecule has 1 N–H and O–H groups in total. The number of benzene rings is 2. The predicted molar refractivity (Wildman–Crippen MR) is 102 cm³/mol. The van der Waals surface area contributed by atoms with Gasteiger partial charge < -0.3 is 9.64 Å². The Morgan fingerprint density at radius 2 is 1.77 bits per heavy atom. The van der Waals surface area contributed by atoms with Crippen LogP contribution in [0.3, 0.4) is 0 Å². The number of ether oxygens (including phenoxy) is 1. The molecule has 0 saturated carbocycles. The van der Waals surface area contributed by atoms with Crippen molar-refractivity contribution in [3.05, 3.63) is 53.6 Å². The van der Waals surface area contributed by atoms with Crippen molar-refractivity contribution in [3.63, 3.8) is 0 Å². The van der Waals surface area contributed by atoms with Crippen LogP contribution >= 0.6 is 0 Å². The summed E-state index contributed by atoms with van der Waals surface area (Å²) in [5.74, 6) is 0.456. The van der Waals surface area contributed by atoms with E-state index in [4.69, 9.17) is 4.74 Å². The van der Waals surface area contributed by atoms with Gasteiger partial charge in [-0.2, -0.15) is 0 Å². The number of sulfonamides is 1. The molecular formula is C19H24N2O4S. The van der Waals surface area contributed by atoms with Gasteiger partial charge in [0.15, 0.2) is 0 Å². The molecule has 0 bridgehead atoms. The standard InChI is InChI=1S/C19H24N2O4S/c1-14-5-7-17(8-6-14)21(16(3)22)12-11-20-26(23,24)19-10-9-18(25-4)13-15(19)2/h5-10,13,20H,11-12H2,1-4H3. The SMILES string of the molecule is COc1ccc(S(=O)(=O)NCCN(C(C)=O)c2ccc(C)cc2)c(C)c1. The lowest BCUT2D eigenvalue weighted by Gasteiger charge is -2.21. The molecule has 0 unspecified atom stereocenters. The van der Waals surface area contributed by atoms with Gasteiger partial charge in [0.05, 0.1) is 12.0 Å². The number of amides is 1. The van der Waals surface area contributed by atoms with E-state index in [0.29, 0.717) is 11.3 Å². The first-order valence-electron chi connectivity index (χ1n) is 8.23. The number of hydrogen-bond acceptors (Lipinski definition) is 4. The monoisotopic (exact) mass is 376 g/mol. The molecule has 2 rings (SSSR count). The van der Waals surface area contributed by atoms with Crippen molar-refractivity contribution in [2.24, 2.45) is 0 Å². The Labute approximate surface area is 154 Å². The molecule has 0 aromatic heterocycles. The molecule has 0 aliphatic rings. The van der Waals surface area contributed by atoms with Gasteiger partial charge in [0.2, 0.25) is 15.9 Å². The van der Waals surface area contributed by atoms with Gasteiger partial charge >= 0.3 is 0 Å². The number of nitrogens with zero attached hydrogens (tertiary/aromatic N) is 1. The van der Waals surface area contributed by atoms with E-state index in [1.54, 1.807) is 24.0 Å². The van der Waals surface area contributed by atoms with Crippen molar-refractivity contribution in [2.75, 3.05) is 25.1 Å². The lowest BCUT2D eigenvalue weighted by atomic mass is 10.2. The minimum atomic E-state index is -3.67. The minimum absolute atomic E-state index is 0.112. The second-order valence-electron chi connectivity index (χ2n) is 6.04. The molecule has 0 heterocycles. The lowest BCUT2D eigenvalue weighted by Crippen LogP contribution is -2.37. The molecule has 0 aliphatic carbocycles. The largest absolute Gasteiger partial charge is 0.497 e. The molecule has 0 saturated heterocycles. The molecule has 0 aliphatic heterocycles. The van der Waals surface area contributed by atoms with Gasteiger partial charge in [0, 0.05) is 25.7 Å². The fourth-order valence-corrected chi connectivity index (χ4v) is 3.86. The molecule has 26 heavy (non-hydrogen) atoms. The summed E-state index contributed by atoms with van der Waals surface area (Å²) < 4.78 is 32.7. The second kappa shape index (κ2) is 8.33. The van der Waals surface area contributed by atoms with Gasteiger partial charge in [0.25, 0.3) is 0 Å². The summed E-state index contributed by atoms with van der Waals surface area (Å²) in [7, 11) is -2.14. The van der Waals surface area contributed by atoms with Crippen molar-refractivity contribution in [1.29, 1.82) is 0 Å². The zero-order valence-corrected chi connectivity index (χ0v) is 16.3. The number of carbonyl (C=O) groups excluding carboxylic acids is 1. The molecular weight excluding hydrogens is 352 g/mol. The maximum Gasteiger partial charge on any atom is 0.240 e. The molecule has 0 radical (unpaired) electrons. The highest BCUT2D eigenvalue weighted by Gasteiger charge is 2.18. The van der Waals surface area contributed by atoms with Gasteiger partial charge in [-0.25, -0.2) is 13.1 Å². The molecule has 1 amide bonds. The molecule has 0 spiro atoms. The predicted octanol–water partition coefficient (Wildman–Crippen LogP) is 2.64. The summed E-state index contributed by atoms with van der Waals surface area (Å²) in [5, 5.41) is 0. The van der Waals surface area contributed by atoms with Crippen LogP contribution in [0.2, 0.25) is 0 Å². The van der Waals surface area contributed by atoms with Gasteiger partial charge in [-0.15, -0.1) is 0 Å². The third-order valence-corrected chi connectivity index (χ3v) is 5.65. The molecule has 0 atom stereocenters. The first-order valence-corrected chi connectivity index (χ1v) is 9.72. The van der Waals surface area contributed by atoms with Crippen LogP contribution in [-0.2, 0) is 14.8 Å². The molecule has 0 fully saturated rings. The third kappa shape index (κ3) is 4.83. The quantitative estimate of drug-likeness (QED) is 0.806. The average molecular weight is 376 g/mol. The summed E-state index contributed by atoms with van der Waals surface area (Å²) in [4.78, 5) is 13.7. The Kier molecular flexibility index (Phi) is 6.39. The number of hydrogen-bond donors (Lipinski definition) is 1. The van der Waals surface area contributed by atoms with Crippen LogP contribution in [0.15, 0.2) is 47.4 Å². The highest BCUT2D eigenvalue weighted by Crippen LogP contribution is 2.21. The molecule has 2 aromatic carbocycles. The van der Waals surface area contributed by atoms with E-state index < -0.39 is 10.0 Å². The number of aryl methyl sites for hydroxylation is 2. The van der Waals surface area contributed by atoms with E-state index in [0.717, 1.165) is 11.3 Å². The summed E-state index contributed by atoms with van der Waals surface area (Å²) in [6, 6.07) is 12.3. The molecule has 7 heteroatoms. The maximum absolute atomic E-state index is 12.5. The number of methoxy groups -OCH3 is 1. The lowest BCUT2D eigenvalue weighted by molar-refractivity contribution is -0.116. The summed E-state index contributed by atoms with van der Waals surface area (Å²) >= 11 is 0. The van der Waals surface area contributed by atoms with Crippen LogP contribution in [0.5, 0.6) is 5.75 Å². The molecule has 2 aromatic rings. The van der Waals surface area contributed by atoms with Gasteiger partial charge in [-0.1, -0.05) is 17.7 Å². The minimum Gasteiger partial charge on any atom is -0.497 e. The summed E-state index contributed by atoms with van der Waals surface area (Å²) in [6.45, 7) is 5.49. The van der Waals surface area contributed by atoms with Crippen LogP contribution in [0.1, 0.15) is 18.1 Å². The zero-order chi connectivity index (χ0) is 19.3. The summed E-state index contributed by atoms with van der Waals surface area (Å²) in [6.07, 6.45) is 0. The first kappa shape index (κ1) is 19.9. The molecule has 6 nitrogen and oxygen atoms in total. The van der Waals surface area contributed by atoms with Crippen LogP contribution in [0.25, 0.3) is 0 Å². The van der Waals surface area contributed by atoms with E-state index in [9.17, 15) is 13.2 Å². The number of nitrogens with one attached hydrogen (secondary N) is 1. The van der Waals surface area contributed by atoms with Crippen molar-refractivity contribution in [1.82, 2.24) is 4.72 Å². The number of rotatable bonds is 7. The van der Waals surface area contributed by atoms with Gasteiger partial charge in [-0.05, 0) is 49.7 Å². The van der Waals surface area contributed by atoms with Crippen LogP contribution in [-0.4, -0.2) is 34.5 Å². The Hall–Kier alpha value is -2.38. The Balaban J connectivity index is 2.08. The van der Waals surface area contributed by atoms with E-state index in [-0.39, 0.29) is 23.9 Å². The second-order valence-corrected chi connectivity index (χ2v) is 7.77. The van der Waals surface area contributed by atoms with E-state index in [2.05, 4.69) is 4.72 Å². The van der Waals surface area contributed by atoms with Gasteiger partial charge in [0.1, 0.15) is 5.75 Å². The Bertz CT molecular complexity index is 877. The number of carbonyl (C=O) groups is 1. The van der Waals surface area contributed by atoms with Crippen LogP contribution < -0.4 is 14.4 Å². The topological polar surface area (TPSA) is 75.7 Å². The van der Waals surface area contributed by atoms with Crippen molar-refractivity contribution >= 4 is 21.6 Å². The third-order valence-electron chi connectivity index (χ3n) is 4.02. The van der Waals surface area contributed by atoms with E-state index >= 15 is 0 Å². The van der Waals surface area contributed by atoms with Gasteiger partial charge in [-0.3, -0.25) is 4.79 Å². The van der Waals surface area contributed by atoms with Crippen LogP contribution in [0, 0.1) is 13.8 Å². The van der Waals surface area contributed by atoms with Crippen molar-refractivity contribution in [3.8, 4) is 5.75 Å². The fraction of sp³-hybridized carbons (Fsp3) is 0.316. The highest BCUT2D eigenvalue weighted by molar-refractivity contribution is 7.89. The van der Waals surface area contributed by atoms with Crippen molar-refractivity contribution < 1.29 is 17.9 Å². The Morgan fingerprint density at radius 3 is 2.31 bits per heavy atom. The van der Waals surface area contributed by atoms with E-state index in [1.807, 2.05) is 31.2 Å². The van der Waals surface area contributed by atoms with E-state index in [1.165, 1.54) is 20.1 Å². The zero-order valence-electron chi connectivity index (χ0n) is 15.4. The summed E-state index contributed by atoms with van der Waals surface area (Å²) in [5.41, 5.74) is 2.43. The van der Waals surface area contributed by atoms with Crippen molar-refractivity contribution in [2.45, 2.75) is 25.7 Å². The normalized spacial score (nSPS) is 11.2. The first-order chi connectivity index (χ1) is 12.2. The number of anilines is 1. The molecule has 140 valence electrons. The smallest absolute Gasteiger partial charge is 0.240 e. The average Bonchev–Trinajstić information content (AvgIpc) is 2.59. The van der Waals surface area contributed by atoms with Crippen LogP contribution in [0.4, 0.5) is 5.69 Å². The highest BCUT2D eigenvalue weighted by atomic mass is 32.2.